The van der Waals surface area contributed by atoms with E-state index in [9.17, 15) is 5.11 Å². The van der Waals surface area contributed by atoms with Gasteiger partial charge in [0, 0.05) is 11.6 Å². The van der Waals surface area contributed by atoms with Crippen LogP contribution in [0.15, 0.2) is 24.3 Å². The molecule has 1 aromatic carbocycles. The maximum atomic E-state index is 9.69. The van der Waals surface area contributed by atoms with Crippen molar-refractivity contribution in [3.05, 3.63) is 35.4 Å². The summed E-state index contributed by atoms with van der Waals surface area (Å²) < 4.78 is 0. The minimum Gasteiger partial charge on any atom is -0.508 e. The normalized spacial score (nSPS) is 17.1. The van der Waals surface area contributed by atoms with Crippen LogP contribution >= 0.6 is 0 Å². The lowest BCUT2D eigenvalue weighted by molar-refractivity contribution is 0.467. The molecule has 0 amide bonds. The van der Waals surface area contributed by atoms with E-state index < -0.39 is 0 Å². The molecule has 1 aliphatic rings. The molecule has 0 saturated heterocycles. The second kappa shape index (κ2) is 3.46. The standard InChI is InChI=1S/C12H15NO/c1-8(13)9-4-2-6-11-10(9)5-3-7-12(11)14/h3-5,7-8,14H,2,6,13H2,1H3. The predicted octanol–water partition coefficient (Wildman–Crippen LogP) is 2.07. The Hall–Kier alpha value is -1.28. The number of fused-ring (bicyclic) bond motifs is 1. The van der Waals surface area contributed by atoms with Crippen molar-refractivity contribution in [1.82, 2.24) is 0 Å². The number of rotatable bonds is 1. The molecule has 0 bridgehead atoms. The summed E-state index contributed by atoms with van der Waals surface area (Å²) in [5, 5.41) is 9.69. The molecule has 2 nitrogen and oxygen atoms in total. The fraction of sp³-hybridized carbons (Fsp3) is 0.333. The highest BCUT2D eigenvalue weighted by atomic mass is 16.3. The molecule has 2 rings (SSSR count). The maximum Gasteiger partial charge on any atom is 0.119 e. The molecule has 74 valence electrons. The number of aromatic hydroxyl groups is 1. The molecule has 0 aliphatic heterocycles. The van der Waals surface area contributed by atoms with Gasteiger partial charge in [-0.25, -0.2) is 0 Å². The third-order valence-electron chi connectivity index (χ3n) is 2.71. The number of phenols is 1. The van der Waals surface area contributed by atoms with E-state index >= 15 is 0 Å². The Bertz CT molecular complexity index is 380. The van der Waals surface area contributed by atoms with Crippen LogP contribution in [0.5, 0.6) is 5.75 Å². The third kappa shape index (κ3) is 1.42. The molecule has 1 unspecified atom stereocenters. The SMILES string of the molecule is CC(N)C1=CCCc2c(O)cccc21. The summed E-state index contributed by atoms with van der Waals surface area (Å²) in [5.74, 6) is 0.397. The van der Waals surface area contributed by atoms with Crippen LogP contribution < -0.4 is 5.73 Å². The number of allylic oxidation sites excluding steroid dienone is 1. The molecule has 14 heavy (non-hydrogen) atoms. The van der Waals surface area contributed by atoms with E-state index in [1.165, 1.54) is 0 Å². The number of hydrogen-bond donors (Lipinski definition) is 2. The molecule has 0 heterocycles. The zero-order valence-electron chi connectivity index (χ0n) is 8.33. The second-order valence-corrected chi connectivity index (χ2v) is 3.79. The lowest BCUT2D eigenvalue weighted by atomic mass is 9.87. The van der Waals surface area contributed by atoms with E-state index in [1.807, 2.05) is 19.1 Å². The zero-order chi connectivity index (χ0) is 10.1. The summed E-state index contributed by atoms with van der Waals surface area (Å²) in [6.07, 6.45) is 4.06. The van der Waals surface area contributed by atoms with Gasteiger partial charge in [0.25, 0.3) is 0 Å². The van der Waals surface area contributed by atoms with Crippen LogP contribution in [-0.4, -0.2) is 11.1 Å². The molecule has 0 radical (unpaired) electrons. The first-order valence-corrected chi connectivity index (χ1v) is 4.97. The van der Waals surface area contributed by atoms with Crippen LogP contribution in [0.1, 0.15) is 24.5 Å². The lowest BCUT2D eigenvalue weighted by Crippen LogP contribution is -2.19. The molecule has 0 spiro atoms. The van der Waals surface area contributed by atoms with Crippen LogP contribution in [0.3, 0.4) is 0 Å². The van der Waals surface area contributed by atoms with Gasteiger partial charge in [-0.05, 0) is 37.0 Å². The highest BCUT2D eigenvalue weighted by Gasteiger charge is 2.17. The van der Waals surface area contributed by atoms with Gasteiger partial charge in [-0.1, -0.05) is 18.2 Å². The summed E-state index contributed by atoms with van der Waals surface area (Å²) in [6.45, 7) is 1.98. The van der Waals surface area contributed by atoms with Crippen molar-refractivity contribution in [2.45, 2.75) is 25.8 Å². The second-order valence-electron chi connectivity index (χ2n) is 3.79. The molecule has 1 aromatic rings. The van der Waals surface area contributed by atoms with Gasteiger partial charge in [0.2, 0.25) is 0 Å². The minimum absolute atomic E-state index is 0.0378. The van der Waals surface area contributed by atoms with Crippen LogP contribution in [-0.2, 0) is 6.42 Å². The Morgan fingerprint density at radius 1 is 1.43 bits per heavy atom. The van der Waals surface area contributed by atoms with Crippen LogP contribution in [0.2, 0.25) is 0 Å². The quantitative estimate of drug-likeness (QED) is 0.710. The molecular weight excluding hydrogens is 174 g/mol. The highest BCUT2D eigenvalue weighted by Crippen LogP contribution is 2.33. The van der Waals surface area contributed by atoms with Crippen LogP contribution in [0, 0.1) is 0 Å². The van der Waals surface area contributed by atoms with Crippen LogP contribution in [0.4, 0.5) is 0 Å². The van der Waals surface area contributed by atoms with E-state index in [-0.39, 0.29) is 6.04 Å². The molecule has 1 aliphatic carbocycles. The third-order valence-corrected chi connectivity index (χ3v) is 2.71. The van der Waals surface area contributed by atoms with E-state index in [0.717, 1.165) is 29.5 Å². The van der Waals surface area contributed by atoms with Crippen molar-refractivity contribution in [2.75, 3.05) is 0 Å². The van der Waals surface area contributed by atoms with Crippen molar-refractivity contribution < 1.29 is 5.11 Å². The fourth-order valence-corrected chi connectivity index (χ4v) is 2.02. The van der Waals surface area contributed by atoms with E-state index in [2.05, 4.69) is 6.08 Å². The Balaban J connectivity index is 2.54. The van der Waals surface area contributed by atoms with Gasteiger partial charge < -0.3 is 10.8 Å². The van der Waals surface area contributed by atoms with Crippen molar-refractivity contribution >= 4 is 5.57 Å². The monoisotopic (exact) mass is 189 g/mol. The molecule has 0 aromatic heterocycles. The van der Waals surface area contributed by atoms with Gasteiger partial charge in [-0.3, -0.25) is 0 Å². The molecular formula is C12H15NO. The van der Waals surface area contributed by atoms with Gasteiger partial charge in [0.05, 0.1) is 0 Å². The van der Waals surface area contributed by atoms with Crippen LogP contribution in [0.25, 0.3) is 5.57 Å². The topological polar surface area (TPSA) is 46.2 Å². The van der Waals surface area contributed by atoms with E-state index in [0.29, 0.717) is 5.75 Å². The summed E-state index contributed by atoms with van der Waals surface area (Å²) in [7, 11) is 0. The van der Waals surface area contributed by atoms with Gasteiger partial charge in [-0.2, -0.15) is 0 Å². The predicted molar refractivity (Wildman–Crippen MR) is 58.1 cm³/mol. The van der Waals surface area contributed by atoms with Gasteiger partial charge in [0.15, 0.2) is 0 Å². The highest BCUT2D eigenvalue weighted by molar-refractivity contribution is 5.74. The summed E-state index contributed by atoms with van der Waals surface area (Å²) in [4.78, 5) is 0. The average molecular weight is 189 g/mol. The van der Waals surface area contributed by atoms with Gasteiger partial charge >= 0.3 is 0 Å². The number of hydrogen-bond acceptors (Lipinski definition) is 2. The molecule has 3 N–H and O–H groups in total. The fourth-order valence-electron chi connectivity index (χ4n) is 2.02. The van der Waals surface area contributed by atoms with Crippen molar-refractivity contribution in [3.63, 3.8) is 0 Å². The zero-order valence-corrected chi connectivity index (χ0v) is 8.33. The number of nitrogens with two attached hydrogens (primary N) is 1. The summed E-state index contributed by atoms with van der Waals surface area (Å²) >= 11 is 0. The Labute approximate surface area is 84.1 Å². The number of phenolic OH excluding ortho intramolecular Hbond substituents is 1. The molecule has 0 fully saturated rings. The average Bonchev–Trinajstić information content (AvgIpc) is 2.17. The Kier molecular flexibility index (Phi) is 2.30. The molecule has 0 saturated carbocycles. The number of benzene rings is 1. The first kappa shape index (κ1) is 9.28. The van der Waals surface area contributed by atoms with Crippen molar-refractivity contribution in [1.29, 1.82) is 0 Å². The Morgan fingerprint density at radius 3 is 2.93 bits per heavy atom. The van der Waals surface area contributed by atoms with E-state index in [4.69, 9.17) is 5.73 Å². The lowest BCUT2D eigenvalue weighted by Gasteiger charge is -2.21. The van der Waals surface area contributed by atoms with Gasteiger partial charge in [-0.15, -0.1) is 0 Å². The smallest absolute Gasteiger partial charge is 0.119 e. The van der Waals surface area contributed by atoms with Crippen molar-refractivity contribution in [2.24, 2.45) is 5.73 Å². The minimum atomic E-state index is 0.0378. The van der Waals surface area contributed by atoms with Gasteiger partial charge in [0.1, 0.15) is 5.75 Å². The summed E-state index contributed by atoms with van der Waals surface area (Å²) in [5.41, 5.74) is 9.20. The maximum absolute atomic E-state index is 9.69. The first-order valence-electron chi connectivity index (χ1n) is 4.97. The molecule has 2 heteroatoms. The Morgan fingerprint density at radius 2 is 2.21 bits per heavy atom. The summed E-state index contributed by atoms with van der Waals surface area (Å²) in [6, 6.07) is 5.68. The van der Waals surface area contributed by atoms with Crippen molar-refractivity contribution in [3.8, 4) is 5.75 Å². The van der Waals surface area contributed by atoms with E-state index in [1.54, 1.807) is 6.07 Å². The first-order chi connectivity index (χ1) is 6.70. The molecule has 1 atom stereocenters. The largest absolute Gasteiger partial charge is 0.508 e.